The summed E-state index contributed by atoms with van der Waals surface area (Å²) in [5.74, 6) is -0.532. The van der Waals surface area contributed by atoms with Gasteiger partial charge in [-0.3, -0.25) is 9.59 Å². The van der Waals surface area contributed by atoms with Crippen LogP contribution in [0.25, 0.3) is 0 Å². The Hall–Kier alpha value is 0.0403. The quantitative estimate of drug-likeness (QED) is 0.243. The molecule has 0 heterocycles. The van der Waals surface area contributed by atoms with Gasteiger partial charge < -0.3 is 12.6 Å². The monoisotopic (exact) mass is 340 g/mol. The van der Waals surface area contributed by atoms with Gasteiger partial charge in [-0.15, -0.1) is 0 Å². The molecule has 10 heavy (non-hydrogen) atoms. The van der Waals surface area contributed by atoms with Gasteiger partial charge in [0.25, 0.3) is 0 Å². The summed E-state index contributed by atoms with van der Waals surface area (Å²) in [5.41, 5.74) is 0.102. The van der Waals surface area contributed by atoms with Crippen LogP contribution in [0.5, 0.6) is 0 Å². The van der Waals surface area contributed by atoms with Crippen LogP contribution < -0.4 is 0 Å². The molecule has 0 aromatic carbocycles. The van der Waals surface area contributed by atoms with Crippen LogP contribution >= 0.6 is 0 Å². The Morgan fingerprint density at radius 3 is 1.50 bits per heavy atom. The van der Waals surface area contributed by atoms with Crippen LogP contribution in [0.15, 0.2) is 11.0 Å². The first kappa shape index (κ1) is 12.7. The minimum Gasteiger partial charge on any atom is -0.787 e. The Kier molecular flexibility index (Phi) is 7.36. The Labute approximate surface area is 81.0 Å². The molecule has 0 aromatic rings. The first-order valence-corrected chi connectivity index (χ1v) is 2.90. The van der Waals surface area contributed by atoms with E-state index in [4.69, 9.17) is 0 Å². The molecule has 0 aliphatic heterocycles. The minimum absolute atomic E-state index is 0. The van der Waals surface area contributed by atoms with Gasteiger partial charge in [0.15, 0.2) is 11.6 Å². The van der Waals surface area contributed by atoms with Crippen LogP contribution in [-0.2, 0) is 44.6 Å². The largest absolute Gasteiger partial charge is 1.00 e. The average Bonchev–Trinajstić information content (AvgIpc) is 1.64. The van der Waals surface area contributed by atoms with Gasteiger partial charge in [-0.1, -0.05) is 0 Å². The number of Topliss-reactive ketones (excluding diaryl/α,β-unsaturated/α-hetero) is 2. The van der Waals surface area contributed by atoms with Gasteiger partial charge in [0.1, 0.15) is 0 Å². The van der Waals surface area contributed by atoms with E-state index in [0.29, 0.717) is 0 Å². The SMILES string of the molecule is CC(=O)C(=C[S-])C(C)=O.[Au+]. The van der Waals surface area contributed by atoms with Crippen molar-refractivity contribution in [3.63, 3.8) is 0 Å². The van der Waals surface area contributed by atoms with Crippen LogP contribution in [0.1, 0.15) is 13.8 Å². The predicted molar refractivity (Wildman–Crippen MR) is 36.8 cm³/mol. The zero-order valence-electron chi connectivity index (χ0n) is 5.60. The van der Waals surface area contributed by atoms with E-state index in [-0.39, 0.29) is 39.5 Å². The van der Waals surface area contributed by atoms with Crippen molar-refractivity contribution in [2.24, 2.45) is 0 Å². The molecule has 0 N–H and O–H groups in total. The molecule has 0 aromatic heterocycles. The summed E-state index contributed by atoms with van der Waals surface area (Å²) < 4.78 is 0. The summed E-state index contributed by atoms with van der Waals surface area (Å²) in [6.45, 7) is 2.64. The second-order valence-electron chi connectivity index (χ2n) is 1.64. The van der Waals surface area contributed by atoms with Crippen molar-refractivity contribution in [2.75, 3.05) is 0 Å². The molecule has 0 fully saturated rings. The van der Waals surface area contributed by atoms with Crippen LogP contribution in [-0.4, -0.2) is 11.6 Å². The number of allylic oxidation sites excluding steroid dienone is 1. The average molecular weight is 340 g/mol. The predicted octanol–water partition coefficient (Wildman–Crippen LogP) is 0.593. The number of carbonyl (C=O) groups is 2. The van der Waals surface area contributed by atoms with Gasteiger partial charge in [-0.25, -0.2) is 0 Å². The molecule has 0 bridgehead atoms. The molecule has 60 valence electrons. The normalized spacial score (nSPS) is 7.40. The smallest absolute Gasteiger partial charge is 0.787 e. The fourth-order valence-electron chi connectivity index (χ4n) is 0.414. The van der Waals surface area contributed by atoms with E-state index >= 15 is 0 Å². The first-order valence-electron chi connectivity index (χ1n) is 2.43. The third kappa shape index (κ3) is 3.95. The van der Waals surface area contributed by atoms with Crippen LogP contribution in [0.4, 0.5) is 0 Å². The van der Waals surface area contributed by atoms with Crippen LogP contribution in [0.2, 0.25) is 0 Å². The van der Waals surface area contributed by atoms with Crippen molar-refractivity contribution in [3.05, 3.63) is 11.0 Å². The standard InChI is InChI=1S/C6H8O2S.Au/c1-4(7)6(3-9)5(2)8;/h3,9H,1-2H3;/q;+1/p-1. The number of carbonyl (C=O) groups excluding carboxylic acids is 2. The summed E-state index contributed by atoms with van der Waals surface area (Å²) >= 11 is 4.42. The second-order valence-corrected chi connectivity index (χ2v) is 1.88. The fraction of sp³-hybridized carbons (Fsp3) is 0.333. The maximum absolute atomic E-state index is 10.5. The van der Waals surface area contributed by atoms with Gasteiger partial charge in [0.2, 0.25) is 0 Å². The molecule has 2 nitrogen and oxygen atoms in total. The molecule has 0 aliphatic rings. The number of hydrogen-bond donors (Lipinski definition) is 0. The van der Waals surface area contributed by atoms with Crippen molar-refractivity contribution >= 4 is 24.2 Å². The van der Waals surface area contributed by atoms with Gasteiger partial charge in [-0.2, -0.15) is 5.41 Å². The summed E-state index contributed by atoms with van der Waals surface area (Å²) in [7, 11) is 0. The molecule has 0 spiro atoms. The number of rotatable bonds is 2. The van der Waals surface area contributed by atoms with Gasteiger partial charge in [0, 0.05) is 5.57 Å². The van der Waals surface area contributed by atoms with Crippen molar-refractivity contribution in [3.8, 4) is 0 Å². The zero-order valence-corrected chi connectivity index (χ0v) is 8.59. The van der Waals surface area contributed by atoms with Crippen molar-refractivity contribution < 1.29 is 32.0 Å². The summed E-state index contributed by atoms with van der Waals surface area (Å²) in [5, 5.41) is 1.12. The van der Waals surface area contributed by atoms with E-state index in [1.165, 1.54) is 13.8 Å². The molecule has 0 aliphatic carbocycles. The Bertz CT molecular complexity index is 159. The van der Waals surface area contributed by atoms with Gasteiger partial charge >= 0.3 is 22.4 Å². The Morgan fingerprint density at radius 2 is 1.50 bits per heavy atom. The van der Waals surface area contributed by atoms with E-state index in [0.717, 1.165) is 5.41 Å². The number of ketones is 2. The molecule has 0 unspecified atom stereocenters. The molecule has 0 atom stereocenters. The molecule has 0 rings (SSSR count). The molecule has 0 saturated heterocycles. The van der Waals surface area contributed by atoms with Crippen LogP contribution in [0.3, 0.4) is 0 Å². The molecule has 4 heteroatoms. The van der Waals surface area contributed by atoms with Crippen molar-refractivity contribution in [2.45, 2.75) is 13.8 Å². The van der Waals surface area contributed by atoms with E-state index in [1.54, 1.807) is 0 Å². The summed E-state index contributed by atoms with van der Waals surface area (Å²) in [4.78, 5) is 20.9. The van der Waals surface area contributed by atoms with Crippen molar-refractivity contribution in [1.29, 1.82) is 0 Å². The summed E-state index contributed by atoms with van der Waals surface area (Å²) in [6, 6.07) is 0. The maximum Gasteiger partial charge on any atom is 1.00 e. The first-order chi connectivity index (χ1) is 4.09. The Balaban J connectivity index is 0. The molecule has 0 saturated carbocycles. The third-order valence-electron chi connectivity index (χ3n) is 0.876. The zero-order chi connectivity index (χ0) is 7.44. The van der Waals surface area contributed by atoms with Gasteiger partial charge in [0.05, 0.1) is 0 Å². The minimum atomic E-state index is -0.266. The topological polar surface area (TPSA) is 34.1 Å². The molecule has 0 radical (unpaired) electrons. The Morgan fingerprint density at radius 1 is 1.20 bits per heavy atom. The second kappa shape index (κ2) is 5.80. The third-order valence-corrected chi connectivity index (χ3v) is 1.11. The van der Waals surface area contributed by atoms with E-state index in [1.807, 2.05) is 0 Å². The maximum atomic E-state index is 10.5. The molecular weight excluding hydrogens is 333 g/mol. The van der Waals surface area contributed by atoms with E-state index < -0.39 is 0 Å². The van der Waals surface area contributed by atoms with Crippen molar-refractivity contribution in [1.82, 2.24) is 0 Å². The molecular formula is C6H7AuO2S. The van der Waals surface area contributed by atoms with E-state index in [9.17, 15) is 9.59 Å². The van der Waals surface area contributed by atoms with E-state index in [2.05, 4.69) is 12.6 Å². The van der Waals surface area contributed by atoms with Gasteiger partial charge in [-0.05, 0) is 13.8 Å². The number of hydrogen-bond acceptors (Lipinski definition) is 3. The van der Waals surface area contributed by atoms with Crippen LogP contribution in [0, 0.1) is 0 Å². The molecule has 0 amide bonds. The summed E-state index contributed by atoms with van der Waals surface area (Å²) in [6.07, 6.45) is 0. The fourth-order valence-corrected chi connectivity index (χ4v) is 0.746.